The maximum Gasteiger partial charge on any atom is 0.326 e. The normalized spacial score (nSPS) is 27.6. The number of rotatable bonds is 3. The average molecular weight is 228 g/mol. The number of amides is 1. The largest absolute Gasteiger partial charge is 0.480 e. The van der Waals surface area contributed by atoms with Crippen molar-refractivity contribution >= 4 is 11.9 Å². The zero-order valence-electron chi connectivity index (χ0n) is 9.85. The Morgan fingerprint density at radius 1 is 1.56 bits per heavy atom. The molecule has 1 fully saturated rings. The summed E-state index contributed by atoms with van der Waals surface area (Å²) in [6, 6.07) is -1.32. The number of hydrogen-bond acceptors (Lipinski definition) is 3. The van der Waals surface area contributed by atoms with Gasteiger partial charge in [0.05, 0.1) is 6.04 Å². The van der Waals surface area contributed by atoms with Crippen LogP contribution in [0.4, 0.5) is 0 Å². The molecule has 1 aliphatic rings. The van der Waals surface area contributed by atoms with Crippen LogP contribution in [-0.4, -0.2) is 40.5 Å². The van der Waals surface area contributed by atoms with Crippen LogP contribution in [0, 0.1) is 5.92 Å². The van der Waals surface area contributed by atoms with E-state index >= 15 is 0 Å². The van der Waals surface area contributed by atoms with Gasteiger partial charge in [-0.05, 0) is 25.7 Å². The first-order valence-corrected chi connectivity index (χ1v) is 5.76. The summed E-state index contributed by atoms with van der Waals surface area (Å²) < 4.78 is 0. The van der Waals surface area contributed by atoms with Gasteiger partial charge in [-0.1, -0.05) is 13.3 Å². The van der Waals surface area contributed by atoms with Crippen molar-refractivity contribution in [1.29, 1.82) is 0 Å². The van der Waals surface area contributed by atoms with Gasteiger partial charge in [-0.2, -0.15) is 0 Å². The Kier molecular flexibility index (Phi) is 4.29. The molecule has 0 saturated carbocycles. The van der Waals surface area contributed by atoms with Crippen LogP contribution >= 0.6 is 0 Å². The average Bonchev–Trinajstić information content (AvgIpc) is 2.26. The fourth-order valence-electron chi connectivity index (χ4n) is 2.17. The van der Waals surface area contributed by atoms with Crippen molar-refractivity contribution in [2.24, 2.45) is 11.7 Å². The van der Waals surface area contributed by atoms with Gasteiger partial charge in [0.15, 0.2) is 0 Å². The number of aliphatic carboxylic acids is 1. The molecule has 92 valence electrons. The van der Waals surface area contributed by atoms with Gasteiger partial charge in [0.2, 0.25) is 5.91 Å². The second-order valence-electron chi connectivity index (χ2n) is 4.47. The molecule has 3 atom stereocenters. The molecule has 16 heavy (non-hydrogen) atoms. The highest BCUT2D eigenvalue weighted by Gasteiger charge is 2.36. The van der Waals surface area contributed by atoms with Gasteiger partial charge in [0.1, 0.15) is 6.04 Å². The van der Waals surface area contributed by atoms with E-state index in [9.17, 15) is 9.59 Å². The summed E-state index contributed by atoms with van der Waals surface area (Å²) in [6.45, 7) is 4.15. The monoisotopic (exact) mass is 228 g/mol. The number of carboxylic acids is 1. The second-order valence-corrected chi connectivity index (χ2v) is 4.47. The predicted octanol–water partition coefficient (Wildman–Crippen LogP) is 0.435. The van der Waals surface area contributed by atoms with Crippen LogP contribution in [0.2, 0.25) is 0 Å². The maximum atomic E-state index is 11.7. The molecule has 0 aromatic rings. The van der Waals surface area contributed by atoms with Crippen LogP contribution in [0.25, 0.3) is 0 Å². The number of likely N-dealkylation sites (tertiary alicyclic amines) is 1. The Bertz CT molecular complexity index is 278. The molecular formula is C11H20N2O3. The zero-order chi connectivity index (χ0) is 12.3. The molecule has 0 radical (unpaired) electrons. The van der Waals surface area contributed by atoms with E-state index in [0.717, 1.165) is 12.8 Å². The first-order valence-electron chi connectivity index (χ1n) is 5.76. The molecule has 2 unspecified atom stereocenters. The van der Waals surface area contributed by atoms with Gasteiger partial charge in [0, 0.05) is 6.54 Å². The Labute approximate surface area is 95.6 Å². The van der Waals surface area contributed by atoms with Crippen LogP contribution in [0.15, 0.2) is 0 Å². The van der Waals surface area contributed by atoms with E-state index in [1.807, 2.05) is 6.92 Å². The van der Waals surface area contributed by atoms with Crippen molar-refractivity contribution in [3.05, 3.63) is 0 Å². The molecule has 5 heteroatoms. The van der Waals surface area contributed by atoms with Gasteiger partial charge < -0.3 is 15.7 Å². The van der Waals surface area contributed by atoms with Crippen LogP contribution < -0.4 is 5.73 Å². The molecule has 1 amide bonds. The third-order valence-electron chi connectivity index (χ3n) is 3.25. The fourth-order valence-corrected chi connectivity index (χ4v) is 2.17. The quantitative estimate of drug-likeness (QED) is 0.734. The number of carboxylic acid groups (broad SMARTS) is 1. The van der Waals surface area contributed by atoms with E-state index in [2.05, 4.69) is 0 Å². The first-order chi connectivity index (χ1) is 7.47. The van der Waals surface area contributed by atoms with E-state index < -0.39 is 18.1 Å². The minimum atomic E-state index is -0.924. The van der Waals surface area contributed by atoms with Crippen LogP contribution in [-0.2, 0) is 9.59 Å². The highest BCUT2D eigenvalue weighted by molar-refractivity contribution is 5.86. The van der Waals surface area contributed by atoms with Crippen molar-refractivity contribution in [2.75, 3.05) is 6.54 Å². The smallest absolute Gasteiger partial charge is 0.326 e. The summed E-state index contributed by atoms with van der Waals surface area (Å²) in [5.74, 6) is -0.785. The summed E-state index contributed by atoms with van der Waals surface area (Å²) >= 11 is 0. The van der Waals surface area contributed by atoms with Crippen LogP contribution in [0.3, 0.4) is 0 Å². The first kappa shape index (κ1) is 13.0. The van der Waals surface area contributed by atoms with E-state index in [1.165, 1.54) is 4.90 Å². The number of nitrogens with two attached hydrogens (primary N) is 1. The van der Waals surface area contributed by atoms with E-state index in [0.29, 0.717) is 18.9 Å². The molecule has 0 bridgehead atoms. The molecular weight excluding hydrogens is 208 g/mol. The summed E-state index contributed by atoms with van der Waals surface area (Å²) in [4.78, 5) is 24.3. The Morgan fingerprint density at radius 3 is 2.62 bits per heavy atom. The predicted molar refractivity (Wildman–Crippen MR) is 59.8 cm³/mol. The van der Waals surface area contributed by atoms with E-state index in [4.69, 9.17) is 10.8 Å². The third kappa shape index (κ3) is 2.72. The second kappa shape index (κ2) is 5.30. The molecule has 1 rings (SSSR count). The van der Waals surface area contributed by atoms with E-state index in [1.54, 1.807) is 6.92 Å². The van der Waals surface area contributed by atoms with Crippen molar-refractivity contribution in [1.82, 2.24) is 4.90 Å². The molecule has 1 saturated heterocycles. The summed E-state index contributed by atoms with van der Waals surface area (Å²) in [6.07, 6.45) is 2.38. The lowest BCUT2D eigenvalue weighted by atomic mass is 9.88. The maximum absolute atomic E-state index is 11.7. The molecule has 0 aromatic heterocycles. The number of carbonyl (C=O) groups excluding carboxylic acids is 1. The van der Waals surface area contributed by atoms with Crippen molar-refractivity contribution < 1.29 is 14.7 Å². The molecule has 3 N–H and O–H groups in total. The minimum Gasteiger partial charge on any atom is -0.480 e. The summed E-state index contributed by atoms with van der Waals surface area (Å²) in [5.41, 5.74) is 5.51. The molecule has 1 aliphatic heterocycles. The lowest BCUT2D eigenvalue weighted by Crippen LogP contribution is -2.54. The molecule has 0 aliphatic carbocycles. The van der Waals surface area contributed by atoms with Crippen molar-refractivity contribution in [3.63, 3.8) is 0 Å². The number of hydrogen-bond donors (Lipinski definition) is 2. The Morgan fingerprint density at radius 2 is 2.19 bits per heavy atom. The van der Waals surface area contributed by atoms with Gasteiger partial charge in [-0.3, -0.25) is 4.79 Å². The van der Waals surface area contributed by atoms with Crippen LogP contribution in [0.5, 0.6) is 0 Å². The standard InChI is InChI=1S/C11H20N2O3/c1-3-8-4-5-13(10(14)7(2)12)9(6-8)11(15)16/h7-9H,3-6,12H2,1-2H3,(H,15,16)/t7-,8?,9?/m1/s1. The Hall–Kier alpha value is -1.10. The molecule has 1 heterocycles. The highest BCUT2D eigenvalue weighted by atomic mass is 16.4. The molecule has 0 aromatic carbocycles. The van der Waals surface area contributed by atoms with Crippen LogP contribution in [0.1, 0.15) is 33.1 Å². The zero-order valence-corrected chi connectivity index (χ0v) is 9.85. The van der Waals surface area contributed by atoms with Crippen molar-refractivity contribution in [2.45, 2.75) is 45.2 Å². The highest BCUT2D eigenvalue weighted by Crippen LogP contribution is 2.25. The number of piperidine rings is 1. The summed E-state index contributed by atoms with van der Waals surface area (Å²) in [7, 11) is 0. The topological polar surface area (TPSA) is 83.6 Å². The van der Waals surface area contributed by atoms with Gasteiger partial charge in [0.25, 0.3) is 0 Å². The lowest BCUT2D eigenvalue weighted by molar-refractivity contribution is -0.153. The Balaban J connectivity index is 2.76. The fraction of sp³-hybridized carbons (Fsp3) is 0.818. The lowest BCUT2D eigenvalue weighted by Gasteiger charge is -2.37. The minimum absolute atomic E-state index is 0.262. The van der Waals surface area contributed by atoms with Gasteiger partial charge in [-0.15, -0.1) is 0 Å². The van der Waals surface area contributed by atoms with E-state index in [-0.39, 0.29) is 5.91 Å². The number of nitrogens with zero attached hydrogens (tertiary/aromatic N) is 1. The molecule has 5 nitrogen and oxygen atoms in total. The summed E-state index contributed by atoms with van der Waals surface area (Å²) in [5, 5.41) is 9.12. The number of carbonyl (C=O) groups is 2. The molecule has 0 spiro atoms. The van der Waals surface area contributed by atoms with Gasteiger partial charge >= 0.3 is 5.97 Å². The van der Waals surface area contributed by atoms with Crippen molar-refractivity contribution in [3.8, 4) is 0 Å². The van der Waals surface area contributed by atoms with Gasteiger partial charge in [-0.25, -0.2) is 4.79 Å². The SMILES string of the molecule is CCC1CCN(C(=O)[C@@H](C)N)C(C(=O)O)C1. The third-order valence-corrected chi connectivity index (χ3v) is 3.25.